The molecule has 0 spiro atoms. The Morgan fingerprint density at radius 2 is 0.600 bits per heavy atom. The number of hydrogen-bond acceptors (Lipinski definition) is 6. The predicted octanol–water partition coefficient (Wildman–Crippen LogP) is 8.04. The fourth-order valence-corrected chi connectivity index (χ4v) is 11.5. The van der Waals surface area contributed by atoms with E-state index in [0.717, 1.165) is 12.1 Å². The summed E-state index contributed by atoms with van der Waals surface area (Å²) in [6.45, 7) is 27.2. The van der Waals surface area contributed by atoms with Crippen molar-refractivity contribution in [1.29, 1.82) is 0 Å². The van der Waals surface area contributed by atoms with Gasteiger partial charge in [-0.2, -0.15) is 26.3 Å². The van der Waals surface area contributed by atoms with E-state index in [1.807, 2.05) is 0 Å². The average molecular weight is 1240 g/mol. The van der Waals surface area contributed by atoms with Crippen molar-refractivity contribution < 1.29 is 94.7 Å². The van der Waals surface area contributed by atoms with E-state index in [2.05, 4.69) is 180 Å². The first-order valence-corrected chi connectivity index (χ1v) is 28.9. The van der Waals surface area contributed by atoms with Crippen molar-refractivity contribution in [2.75, 3.05) is 0 Å². The van der Waals surface area contributed by atoms with Crippen molar-refractivity contribution in [1.82, 2.24) is 0 Å². The van der Waals surface area contributed by atoms with Gasteiger partial charge in [0.1, 0.15) is 20.2 Å². The van der Waals surface area contributed by atoms with Crippen LogP contribution in [0.3, 0.4) is 0 Å². The monoisotopic (exact) mass is 1240 g/mol. The zero-order valence-corrected chi connectivity index (χ0v) is 47.1. The third-order valence-electron chi connectivity index (χ3n) is 10.2. The first kappa shape index (κ1) is 60.5. The molecule has 6 rings (SSSR count). The van der Waals surface area contributed by atoms with Crippen molar-refractivity contribution >= 4 is 20.2 Å². The maximum atomic E-state index is 12.2. The molecule has 0 aliphatic heterocycles. The SMILES string of the molecule is CC(C)(C)c1ccc([I+]c2ccc(C(C)(C)C)cc2)cc1.CC(C)(C)c1ccc([I+]c2ccc(C(C)(C)C)cc2)cc1.O=S(=O)([O-])c1ccc(C(F)(F)F)cc1.O=S(=O)([O-])c1ccccc1C(F)(F)F. The molecule has 0 N–H and O–H groups in total. The van der Waals surface area contributed by atoms with Crippen molar-refractivity contribution in [3.63, 3.8) is 0 Å². The molecule has 380 valence electrons. The quantitative estimate of drug-likeness (QED) is 0.0949. The third-order valence-corrected chi connectivity index (χ3v) is 17.3. The molecule has 0 fully saturated rings. The molecule has 70 heavy (non-hydrogen) atoms. The van der Waals surface area contributed by atoms with E-state index in [0.29, 0.717) is 36.4 Å². The lowest BCUT2D eigenvalue weighted by molar-refractivity contribution is -0.597. The highest BCUT2D eigenvalue weighted by molar-refractivity contribution is 7.86. The highest BCUT2D eigenvalue weighted by atomic mass is 127. The van der Waals surface area contributed by atoms with Gasteiger partial charge in [-0.15, -0.1) is 0 Å². The Labute approximate surface area is 431 Å². The van der Waals surface area contributed by atoms with Gasteiger partial charge in [0.15, 0.2) is 14.3 Å². The summed E-state index contributed by atoms with van der Waals surface area (Å²) in [6.07, 6.45) is -9.38. The van der Waals surface area contributed by atoms with Crippen LogP contribution in [0.25, 0.3) is 0 Å². The van der Waals surface area contributed by atoms with Crippen LogP contribution in [-0.4, -0.2) is 25.9 Å². The second-order valence-electron chi connectivity index (χ2n) is 20.1. The van der Waals surface area contributed by atoms with Gasteiger partial charge in [-0.1, -0.05) is 144 Å². The molecule has 6 aromatic carbocycles. The molecule has 0 aliphatic carbocycles. The van der Waals surface area contributed by atoms with Crippen LogP contribution in [0.1, 0.15) is 116 Å². The van der Waals surface area contributed by atoms with Gasteiger partial charge >= 0.3 is 54.8 Å². The van der Waals surface area contributed by atoms with Gasteiger partial charge in [0, 0.05) is 0 Å². The molecule has 0 amide bonds. The summed E-state index contributed by atoms with van der Waals surface area (Å²) >= 11 is -0.141. The minimum atomic E-state index is -5.09. The average Bonchev–Trinajstić information content (AvgIpc) is 3.23. The summed E-state index contributed by atoms with van der Waals surface area (Å²) in [5.74, 6) is 0. The smallest absolute Gasteiger partial charge is 0.417 e. The molecular formula is C54H60F6I2O6S2. The van der Waals surface area contributed by atoms with Crippen molar-refractivity contribution in [3.05, 3.63) is 193 Å². The molecule has 0 aliphatic rings. The largest absolute Gasteiger partial charge is 0.744 e. The van der Waals surface area contributed by atoms with Gasteiger partial charge in [0.2, 0.25) is 0 Å². The molecule has 0 bridgehead atoms. The summed E-state index contributed by atoms with van der Waals surface area (Å²) in [4.78, 5) is -1.92. The first-order chi connectivity index (χ1) is 31.8. The standard InChI is InChI=1S/2C20H26I.2C7H5F3O3S/c2*1-19(2,3)15-7-11-17(12-8-15)21-18-13-9-16(10-14-18)20(4,5)6;8-7(9,10)5-1-3-6(4-2-5)14(11,12)13;8-7(9,10)5-3-1-2-4-6(5)14(11,12)13/h2*7-14H,1-6H3;2*1-4H,(H,11,12,13)/q2*+1;;/p-2. The van der Waals surface area contributed by atoms with Crippen molar-refractivity contribution in [3.8, 4) is 0 Å². The highest BCUT2D eigenvalue weighted by Crippen LogP contribution is 2.34. The van der Waals surface area contributed by atoms with Crippen molar-refractivity contribution in [2.24, 2.45) is 0 Å². The number of alkyl halides is 6. The summed E-state index contributed by atoms with van der Waals surface area (Å²) in [7, 11) is -9.77. The maximum absolute atomic E-state index is 12.2. The summed E-state index contributed by atoms with van der Waals surface area (Å²) in [5.41, 5.74) is 4.19. The Kier molecular flexibility index (Phi) is 20.6. The number of halogens is 8. The zero-order valence-electron chi connectivity index (χ0n) is 41.1. The molecule has 0 heterocycles. The van der Waals surface area contributed by atoms with Crippen LogP contribution in [0.5, 0.6) is 0 Å². The van der Waals surface area contributed by atoms with Gasteiger partial charge in [-0.05, 0) is 129 Å². The maximum Gasteiger partial charge on any atom is 0.417 e. The second-order valence-corrected chi connectivity index (χ2v) is 28.9. The number of rotatable bonds is 6. The normalized spacial score (nSPS) is 12.6. The summed E-state index contributed by atoms with van der Waals surface area (Å²) in [5, 5.41) is 0. The lowest BCUT2D eigenvalue weighted by Crippen LogP contribution is -3.61. The lowest BCUT2D eigenvalue weighted by atomic mass is 9.87. The molecular weight excluding hydrogens is 1180 g/mol. The Balaban J connectivity index is 0.000000252. The highest BCUT2D eigenvalue weighted by Gasteiger charge is 2.35. The Morgan fingerprint density at radius 1 is 0.343 bits per heavy atom. The molecule has 6 aromatic rings. The minimum absolute atomic E-state index is 0.0703. The molecule has 0 atom stereocenters. The van der Waals surface area contributed by atoms with Gasteiger partial charge in [0.25, 0.3) is 0 Å². The van der Waals surface area contributed by atoms with Crippen LogP contribution < -0.4 is 42.4 Å². The van der Waals surface area contributed by atoms with Gasteiger partial charge in [-0.25, -0.2) is 16.8 Å². The van der Waals surface area contributed by atoms with E-state index in [1.54, 1.807) is 0 Å². The van der Waals surface area contributed by atoms with E-state index in [9.17, 15) is 52.3 Å². The van der Waals surface area contributed by atoms with Gasteiger partial charge in [-0.3, -0.25) is 0 Å². The van der Waals surface area contributed by atoms with Crippen molar-refractivity contribution in [2.45, 2.75) is 127 Å². The molecule has 0 unspecified atom stereocenters. The zero-order chi connectivity index (χ0) is 53.3. The number of hydrogen-bond donors (Lipinski definition) is 0. The molecule has 0 saturated heterocycles. The van der Waals surface area contributed by atoms with Crippen LogP contribution in [0.15, 0.2) is 155 Å². The Bertz CT molecular complexity index is 2600. The van der Waals surface area contributed by atoms with Gasteiger partial charge in [0.05, 0.1) is 20.9 Å². The van der Waals surface area contributed by atoms with Crippen LogP contribution in [0.2, 0.25) is 0 Å². The lowest BCUT2D eigenvalue weighted by Gasteiger charge is -2.18. The fourth-order valence-electron chi connectivity index (χ4n) is 6.03. The molecule has 0 saturated carbocycles. The first-order valence-electron chi connectivity index (χ1n) is 21.7. The molecule has 0 radical (unpaired) electrons. The Hall–Kier alpha value is -3.82. The van der Waals surface area contributed by atoms with E-state index in [1.165, 1.54) is 36.5 Å². The Morgan fingerprint density at radius 3 is 0.800 bits per heavy atom. The van der Waals surface area contributed by atoms with Crippen LogP contribution in [0.4, 0.5) is 26.3 Å². The van der Waals surface area contributed by atoms with Crippen LogP contribution in [-0.2, 0) is 54.2 Å². The topological polar surface area (TPSA) is 114 Å². The molecule has 0 aromatic heterocycles. The van der Waals surface area contributed by atoms with Crippen LogP contribution >= 0.6 is 0 Å². The van der Waals surface area contributed by atoms with E-state index in [4.69, 9.17) is 0 Å². The predicted molar refractivity (Wildman–Crippen MR) is 254 cm³/mol. The van der Waals surface area contributed by atoms with E-state index >= 15 is 0 Å². The third kappa shape index (κ3) is 20.0. The van der Waals surface area contributed by atoms with Gasteiger partial charge < -0.3 is 9.11 Å². The fraction of sp³-hybridized carbons (Fsp3) is 0.333. The van der Waals surface area contributed by atoms with E-state index in [-0.39, 0.29) is 64.1 Å². The number of benzene rings is 6. The van der Waals surface area contributed by atoms with E-state index < -0.39 is 53.5 Å². The minimum Gasteiger partial charge on any atom is -0.744 e. The summed E-state index contributed by atoms with van der Waals surface area (Å²) < 4.78 is 141. The second kappa shape index (κ2) is 23.8. The summed E-state index contributed by atoms with van der Waals surface area (Å²) in [6, 6.07) is 42.4. The molecule has 6 nitrogen and oxygen atoms in total. The molecule has 16 heteroatoms. The van der Waals surface area contributed by atoms with Crippen LogP contribution in [0, 0.1) is 14.3 Å².